The molecule has 20 heavy (non-hydrogen) atoms. The molecule has 0 spiro atoms. The lowest BCUT2D eigenvalue weighted by molar-refractivity contribution is 0.0219. The second kappa shape index (κ2) is 7.27. The van der Waals surface area contributed by atoms with E-state index >= 15 is 0 Å². The molecule has 0 fully saturated rings. The topological polar surface area (TPSA) is 44.5 Å². The summed E-state index contributed by atoms with van der Waals surface area (Å²) in [7, 11) is 0. The van der Waals surface area contributed by atoms with E-state index < -0.39 is 0 Å². The zero-order chi connectivity index (χ0) is 14.4. The highest BCUT2D eigenvalue weighted by molar-refractivity contribution is 5.87. The number of fused-ring (bicyclic) bond motifs is 1. The van der Waals surface area contributed by atoms with Crippen molar-refractivity contribution in [2.45, 2.75) is 32.7 Å². The van der Waals surface area contributed by atoms with Gasteiger partial charge in [-0.2, -0.15) is 0 Å². The number of hydrogen-bond donors (Lipinski definition) is 1. The van der Waals surface area contributed by atoms with Gasteiger partial charge in [0, 0.05) is 18.2 Å². The molecule has 0 heterocycles. The molecule has 2 rings (SSSR count). The molecular weight excluding hydrogens is 250 g/mol. The summed E-state index contributed by atoms with van der Waals surface area (Å²) < 4.78 is 11.0. The molecule has 2 N–H and O–H groups in total. The van der Waals surface area contributed by atoms with Crippen molar-refractivity contribution >= 4 is 10.8 Å². The van der Waals surface area contributed by atoms with E-state index in [9.17, 15) is 0 Å². The van der Waals surface area contributed by atoms with Crippen molar-refractivity contribution in [2.75, 3.05) is 13.4 Å². The highest BCUT2D eigenvalue weighted by Gasteiger charge is 2.12. The van der Waals surface area contributed by atoms with E-state index in [0.29, 0.717) is 6.61 Å². The van der Waals surface area contributed by atoms with Crippen molar-refractivity contribution in [1.82, 2.24) is 0 Å². The van der Waals surface area contributed by atoms with E-state index in [1.54, 1.807) is 0 Å². The van der Waals surface area contributed by atoms with Crippen LogP contribution in [0.3, 0.4) is 0 Å². The Bertz CT molecular complexity index is 554. The van der Waals surface area contributed by atoms with Crippen LogP contribution in [0.25, 0.3) is 10.8 Å². The molecule has 0 aliphatic heterocycles. The van der Waals surface area contributed by atoms with Crippen LogP contribution >= 0.6 is 0 Å². The van der Waals surface area contributed by atoms with Gasteiger partial charge in [0.25, 0.3) is 0 Å². The van der Waals surface area contributed by atoms with Gasteiger partial charge in [-0.25, -0.2) is 0 Å². The largest absolute Gasteiger partial charge is 0.467 e. The third-order valence-electron chi connectivity index (χ3n) is 3.49. The van der Waals surface area contributed by atoms with Gasteiger partial charge in [0.15, 0.2) is 6.79 Å². The number of ether oxygens (including phenoxy) is 2. The van der Waals surface area contributed by atoms with E-state index in [1.165, 1.54) is 16.3 Å². The molecule has 1 atom stereocenters. The number of benzene rings is 2. The normalized spacial score (nSPS) is 12.6. The van der Waals surface area contributed by atoms with Gasteiger partial charge in [-0.1, -0.05) is 37.3 Å². The van der Waals surface area contributed by atoms with E-state index in [0.717, 1.165) is 18.6 Å². The summed E-state index contributed by atoms with van der Waals surface area (Å²) in [5, 5.41) is 2.43. The Kier molecular flexibility index (Phi) is 5.39. The van der Waals surface area contributed by atoms with Gasteiger partial charge >= 0.3 is 0 Å². The van der Waals surface area contributed by atoms with Crippen molar-refractivity contribution in [1.29, 1.82) is 0 Å². The van der Waals surface area contributed by atoms with Crippen molar-refractivity contribution in [3.63, 3.8) is 0 Å². The van der Waals surface area contributed by atoms with Crippen LogP contribution in [0.15, 0.2) is 36.4 Å². The van der Waals surface area contributed by atoms with Crippen molar-refractivity contribution in [3.8, 4) is 5.75 Å². The highest BCUT2D eigenvalue weighted by atomic mass is 16.7. The Morgan fingerprint density at radius 1 is 1.10 bits per heavy atom. The summed E-state index contributed by atoms with van der Waals surface area (Å²) in [6.07, 6.45) is 1.77. The molecule has 3 nitrogen and oxygen atoms in total. The first-order valence-corrected chi connectivity index (χ1v) is 7.23. The lowest BCUT2D eigenvalue weighted by atomic mass is 9.97. The summed E-state index contributed by atoms with van der Waals surface area (Å²) in [6, 6.07) is 12.6. The third kappa shape index (κ3) is 3.50. The molecule has 2 aromatic rings. The minimum atomic E-state index is 0.148. The molecule has 0 amide bonds. The predicted octanol–water partition coefficient (Wildman–Crippen LogP) is 3.49. The molecule has 0 saturated heterocycles. The first-order chi connectivity index (χ1) is 9.76. The van der Waals surface area contributed by atoms with Crippen molar-refractivity contribution < 1.29 is 9.47 Å². The molecule has 0 saturated carbocycles. The van der Waals surface area contributed by atoms with Gasteiger partial charge in [0.1, 0.15) is 5.75 Å². The maximum Gasteiger partial charge on any atom is 0.189 e. The Labute approximate surface area is 120 Å². The molecule has 0 bridgehead atoms. The first-order valence-electron chi connectivity index (χ1n) is 7.23. The van der Waals surface area contributed by atoms with Gasteiger partial charge < -0.3 is 15.2 Å². The fourth-order valence-electron chi connectivity index (χ4n) is 2.26. The Hall–Kier alpha value is -1.58. The van der Waals surface area contributed by atoms with Gasteiger partial charge in [0.05, 0.1) is 0 Å². The quantitative estimate of drug-likeness (QED) is 0.620. The molecule has 108 valence electrons. The monoisotopic (exact) mass is 273 g/mol. The van der Waals surface area contributed by atoms with Crippen LogP contribution < -0.4 is 10.5 Å². The van der Waals surface area contributed by atoms with Crippen LogP contribution in [0, 0.1) is 0 Å². The lowest BCUT2D eigenvalue weighted by Gasteiger charge is -2.17. The average molecular weight is 273 g/mol. The van der Waals surface area contributed by atoms with Crippen LogP contribution in [0.1, 0.15) is 25.8 Å². The van der Waals surface area contributed by atoms with Crippen LogP contribution in [-0.4, -0.2) is 19.4 Å². The Morgan fingerprint density at radius 2 is 1.90 bits per heavy atom. The molecule has 0 aliphatic rings. The maximum absolute atomic E-state index is 6.13. The number of hydrogen-bond acceptors (Lipinski definition) is 3. The number of rotatable bonds is 7. The fourth-order valence-corrected chi connectivity index (χ4v) is 2.26. The molecule has 0 radical (unpaired) electrons. The lowest BCUT2D eigenvalue weighted by Crippen LogP contribution is -2.22. The van der Waals surface area contributed by atoms with Gasteiger partial charge in [0.2, 0.25) is 0 Å². The minimum absolute atomic E-state index is 0.148. The van der Waals surface area contributed by atoms with E-state index in [4.69, 9.17) is 15.2 Å². The standard InChI is InChI=1S/C17H23NO2/c1-3-14(18)11-16-15-8-6-5-7-13(15)9-10-17(16)20-12-19-4-2/h5-10,14H,3-4,11-12,18H2,1-2H3. The molecule has 3 heteroatoms. The molecule has 2 aromatic carbocycles. The van der Waals surface area contributed by atoms with E-state index in [2.05, 4.69) is 31.2 Å². The highest BCUT2D eigenvalue weighted by Crippen LogP contribution is 2.29. The van der Waals surface area contributed by atoms with Gasteiger partial charge in [-0.15, -0.1) is 0 Å². The molecular formula is C17H23NO2. The number of nitrogens with two attached hydrogens (primary N) is 1. The fraction of sp³-hybridized carbons (Fsp3) is 0.412. The minimum Gasteiger partial charge on any atom is -0.467 e. The Balaban J connectivity index is 2.36. The summed E-state index contributed by atoms with van der Waals surface area (Å²) >= 11 is 0. The Morgan fingerprint density at radius 3 is 2.65 bits per heavy atom. The van der Waals surface area contributed by atoms with Crippen LogP contribution in [0.2, 0.25) is 0 Å². The maximum atomic E-state index is 6.13. The van der Waals surface area contributed by atoms with Crippen LogP contribution in [0.4, 0.5) is 0 Å². The van der Waals surface area contributed by atoms with Crippen molar-refractivity contribution in [2.24, 2.45) is 5.73 Å². The third-order valence-corrected chi connectivity index (χ3v) is 3.49. The first kappa shape index (κ1) is 14.8. The summed E-state index contributed by atoms with van der Waals surface area (Å²) in [4.78, 5) is 0. The molecule has 1 unspecified atom stereocenters. The van der Waals surface area contributed by atoms with E-state index in [-0.39, 0.29) is 12.8 Å². The van der Waals surface area contributed by atoms with Gasteiger partial charge in [-0.3, -0.25) is 0 Å². The predicted molar refractivity (Wildman–Crippen MR) is 83.0 cm³/mol. The summed E-state index contributed by atoms with van der Waals surface area (Å²) in [5.41, 5.74) is 7.31. The SMILES string of the molecule is CCOCOc1ccc2ccccc2c1CC(N)CC. The van der Waals surface area contributed by atoms with Crippen LogP contribution in [0.5, 0.6) is 5.75 Å². The second-order valence-corrected chi connectivity index (χ2v) is 4.89. The van der Waals surface area contributed by atoms with Crippen LogP contribution in [-0.2, 0) is 11.2 Å². The van der Waals surface area contributed by atoms with Crippen molar-refractivity contribution in [3.05, 3.63) is 42.0 Å². The molecule has 0 aromatic heterocycles. The smallest absolute Gasteiger partial charge is 0.189 e. The second-order valence-electron chi connectivity index (χ2n) is 4.89. The summed E-state index contributed by atoms with van der Waals surface area (Å²) in [6.45, 7) is 4.99. The zero-order valence-corrected chi connectivity index (χ0v) is 12.3. The average Bonchev–Trinajstić information content (AvgIpc) is 2.49. The van der Waals surface area contributed by atoms with E-state index in [1.807, 2.05) is 19.1 Å². The van der Waals surface area contributed by atoms with Gasteiger partial charge in [-0.05, 0) is 36.6 Å². The molecule has 0 aliphatic carbocycles. The zero-order valence-electron chi connectivity index (χ0n) is 12.3. The summed E-state index contributed by atoms with van der Waals surface area (Å²) in [5.74, 6) is 0.876.